The molecule has 0 saturated heterocycles. The number of halogens is 2. The van der Waals surface area contributed by atoms with Crippen molar-refractivity contribution in [3.8, 4) is 0 Å². The summed E-state index contributed by atoms with van der Waals surface area (Å²) >= 11 is 3.25. The van der Waals surface area contributed by atoms with Gasteiger partial charge in [-0.25, -0.2) is 4.39 Å². The average molecular weight is 311 g/mol. The lowest BCUT2D eigenvalue weighted by Gasteiger charge is -2.37. The molecule has 1 nitrogen and oxygen atoms in total. The van der Waals surface area contributed by atoms with Crippen LogP contribution in [0.1, 0.15) is 34.1 Å². The summed E-state index contributed by atoms with van der Waals surface area (Å²) in [5.74, 6) is 0. The van der Waals surface area contributed by atoms with Gasteiger partial charge < -0.3 is 4.43 Å². The molecule has 0 N–H and O–H groups in total. The van der Waals surface area contributed by atoms with Gasteiger partial charge in [0.25, 0.3) is 0 Å². The molecule has 1 rings (SSSR count). The summed E-state index contributed by atoms with van der Waals surface area (Å²) in [4.78, 5) is 0. The number of rotatable bonds is 4. The first kappa shape index (κ1) is 14.6. The van der Waals surface area contributed by atoms with Crippen molar-refractivity contribution < 1.29 is 8.82 Å². The maximum atomic E-state index is 14.0. The highest BCUT2D eigenvalue weighted by Gasteiger charge is 2.65. The highest BCUT2D eigenvalue weighted by molar-refractivity contribution is 9.09. The predicted octanol–water partition coefficient (Wildman–Crippen LogP) is 4.52. The minimum atomic E-state index is -1.73. The first-order valence-corrected chi connectivity index (χ1v) is 9.89. The van der Waals surface area contributed by atoms with Gasteiger partial charge in [-0.1, -0.05) is 43.6 Å². The van der Waals surface area contributed by atoms with Gasteiger partial charge in [0.2, 0.25) is 0 Å². The largest absolute Gasteiger partial charge is 0.416 e. The van der Waals surface area contributed by atoms with Crippen LogP contribution in [0, 0.1) is 5.41 Å². The van der Waals surface area contributed by atoms with Crippen LogP contribution in [0.15, 0.2) is 0 Å². The SMILES string of the molecule is CC(C)(C)[Si](C)(C)OC[C@@]1(C)C[C@]1(F)CBr. The molecule has 0 aromatic carbocycles. The van der Waals surface area contributed by atoms with Crippen LogP contribution in [-0.2, 0) is 4.43 Å². The van der Waals surface area contributed by atoms with Crippen LogP contribution >= 0.6 is 15.9 Å². The van der Waals surface area contributed by atoms with E-state index in [1.165, 1.54) is 0 Å². The van der Waals surface area contributed by atoms with E-state index in [0.29, 0.717) is 18.4 Å². The molecule has 0 bridgehead atoms. The number of alkyl halides is 2. The van der Waals surface area contributed by atoms with Crippen molar-refractivity contribution in [1.29, 1.82) is 0 Å². The lowest BCUT2D eigenvalue weighted by molar-refractivity contribution is 0.168. The molecule has 0 aromatic heterocycles. The third-order valence-electron chi connectivity index (χ3n) is 4.40. The minimum Gasteiger partial charge on any atom is -0.416 e. The van der Waals surface area contributed by atoms with Crippen LogP contribution in [0.5, 0.6) is 0 Å². The van der Waals surface area contributed by atoms with E-state index >= 15 is 0 Å². The quantitative estimate of drug-likeness (QED) is 0.548. The maximum Gasteiger partial charge on any atom is 0.192 e. The molecule has 0 amide bonds. The second kappa shape index (κ2) is 4.06. The Morgan fingerprint density at radius 1 is 1.38 bits per heavy atom. The van der Waals surface area contributed by atoms with E-state index in [-0.39, 0.29) is 10.5 Å². The van der Waals surface area contributed by atoms with Crippen LogP contribution in [0.3, 0.4) is 0 Å². The zero-order valence-electron chi connectivity index (χ0n) is 11.3. The Bertz CT molecular complexity index is 277. The van der Waals surface area contributed by atoms with Gasteiger partial charge >= 0.3 is 0 Å². The second-order valence-corrected chi connectivity index (χ2v) is 12.3. The maximum absolute atomic E-state index is 14.0. The van der Waals surface area contributed by atoms with Gasteiger partial charge in [0.15, 0.2) is 8.32 Å². The van der Waals surface area contributed by atoms with Gasteiger partial charge in [-0.2, -0.15) is 0 Å². The van der Waals surface area contributed by atoms with E-state index in [9.17, 15) is 4.39 Å². The summed E-state index contributed by atoms with van der Waals surface area (Å²) in [6.07, 6.45) is 0.625. The molecule has 0 aromatic rings. The Kier molecular flexibility index (Phi) is 3.72. The average Bonchev–Trinajstić information content (AvgIpc) is 2.66. The van der Waals surface area contributed by atoms with Gasteiger partial charge in [0, 0.05) is 17.4 Å². The summed E-state index contributed by atoms with van der Waals surface area (Å²) in [5.41, 5.74) is -1.32. The zero-order valence-corrected chi connectivity index (χ0v) is 13.9. The normalized spacial score (nSPS) is 35.2. The van der Waals surface area contributed by atoms with Crippen molar-refractivity contribution in [2.24, 2.45) is 5.41 Å². The van der Waals surface area contributed by atoms with E-state index in [0.717, 1.165) is 0 Å². The van der Waals surface area contributed by atoms with Gasteiger partial charge in [-0.3, -0.25) is 0 Å². The van der Waals surface area contributed by atoms with Gasteiger partial charge in [-0.05, 0) is 24.6 Å². The standard InChI is InChI=1S/C12H24BrFOSi/c1-10(2,3)16(5,6)15-9-11(4)7-12(11,14)8-13/h7-9H2,1-6H3/t11-,12+/m1/s1. The van der Waals surface area contributed by atoms with Crippen LogP contribution in [0.4, 0.5) is 4.39 Å². The fourth-order valence-corrected chi connectivity index (χ4v) is 3.51. The second-order valence-electron chi connectivity index (χ2n) is 6.89. The molecule has 1 saturated carbocycles. The minimum absolute atomic E-state index is 0.200. The fourth-order valence-electron chi connectivity index (χ4n) is 1.52. The number of hydrogen-bond donors (Lipinski definition) is 0. The molecule has 4 heteroatoms. The Labute approximate surface area is 108 Å². The highest BCUT2D eigenvalue weighted by Crippen LogP contribution is 2.60. The summed E-state index contributed by atoms with van der Waals surface area (Å²) in [5, 5.41) is 0.628. The first-order chi connectivity index (χ1) is 6.97. The van der Waals surface area contributed by atoms with E-state index < -0.39 is 14.0 Å². The first-order valence-electron chi connectivity index (χ1n) is 5.86. The molecule has 2 atom stereocenters. The topological polar surface area (TPSA) is 9.23 Å². The molecule has 0 radical (unpaired) electrons. The lowest BCUT2D eigenvalue weighted by Crippen LogP contribution is -2.42. The predicted molar refractivity (Wildman–Crippen MR) is 73.5 cm³/mol. The molecule has 0 spiro atoms. The summed E-state index contributed by atoms with van der Waals surface area (Å²) in [6, 6.07) is 0. The van der Waals surface area contributed by atoms with E-state index in [4.69, 9.17) is 4.43 Å². The van der Waals surface area contributed by atoms with Crippen molar-refractivity contribution in [1.82, 2.24) is 0 Å². The third-order valence-corrected chi connectivity index (χ3v) is 9.76. The Balaban J connectivity index is 2.55. The van der Waals surface area contributed by atoms with Gasteiger partial charge in [0.1, 0.15) is 5.67 Å². The molecule has 16 heavy (non-hydrogen) atoms. The molecule has 1 aliphatic carbocycles. The van der Waals surface area contributed by atoms with E-state index in [1.54, 1.807) is 0 Å². The molecule has 1 fully saturated rings. The van der Waals surface area contributed by atoms with E-state index in [2.05, 4.69) is 49.8 Å². The van der Waals surface area contributed by atoms with Crippen molar-refractivity contribution in [3.05, 3.63) is 0 Å². The number of hydrogen-bond acceptors (Lipinski definition) is 1. The van der Waals surface area contributed by atoms with Crippen LogP contribution in [0.25, 0.3) is 0 Å². The van der Waals surface area contributed by atoms with Crippen molar-refractivity contribution in [3.63, 3.8) is 0 Å². The van der Waals surface area contributed by atoms with E-state index in [1.807, 2.05) is 6.92 Å². The molecule has 0 heterocycles. The van der Waals surface area contributed by atoms with Gasteiger partial charge in [-0.15, -0.1) is 0 Å². The molecule has 1 aliphatic rings. The third kappa shape index (κ3) is 2.54. The lowest BCUT2D eigenvalue weighted by atomic mass is 10.1. The van der Waals surface area contributed by atoms with Crippen molar-refractivity contribution in [2.75, 3.05) is 11.9 Å². The van der Waals surface area contributed by atoms with Gasteiger partial charge in [0.05, 0.1) is 0 Å². The molecule has 0 aliphatic heterocycles. The Morgan fingerprint density at radius 3 is 2.19 bits per heavy atom. The summed E-state index contributed by atoms with van der Waals surface area (Å²) in [7, 11) is -1.73. The molecular weight excluding hydrogens is 287 g/mol. The van der Waals surface area contributed by atoms with Crippen LogP contribution < -0.4 is 0 Å². The van der Waals surface area contributed by atoms with Crippen LogP contribution in [0.2, 0.25) is 18.1 Å². The molecular formula is C12H24BrFOSi. The highest BCUT2D eigenvalue weighted by atomic mass is 79.9. The molecule has 0 unspecified atom stereocenters. The monoisotopic (exact) mass is 310 g/mol. The summed E-state index contributed by atoms with van der Waals surface area (Å²) in [6.45, 7) is 13.6. The fraction of sp³-hybridized carbons (Fsp3) is 1.00. The summed E-state index contributed by atoms with van der Waals surface area (Å²) < 4.78 is 20.1. The molecule has 96 valence electrons. The zero-order chi connectivity index (χ0) is 12.8. The van der Waals surface area contributed by atoms with Crippen molar-refractivity contribution in [2.45, 2.75) is 57.9 Å². The smallest absolute Gasteiger partial charge is 0.192 e. The van der Waals surface area contributed by atoms with Crippen LogP contribution in [-0.4, -0.2) is 25.9 Å². The Morgan fingerprint density at radius 2 is 1.88 bits per heavy atom. The van der Waals surface area contributed by atoms with Crippen molar-refractivity contribution >= 4 is 24.2 Å². The Hall–Kier alpha value is 0.587.